The maximum atomic E-state index is 13.8. The molecule has 0 aliphatic rings. The van der Waals surface area contributed by atoms with E-state index in [-0.39, 0.29) is 5.56 Å². The quantitative estimate of drug-likeness (QED) is 0.568. The smallest absolute Gasteiger partial charge is 0.319 e. The van der Waals surface area contributed by atoms with Crippen LogP contribution in [-0.2, 0) is 4.53 Å². The van der Waals surface area contributed by atoms with Crippen LogP contribution in [0.15, 0.2) is 54.9 Å². The van der Waals surface area contributed by atoms with Crippen molar-refractivity contribution >= 4 is 14.0 Å². The zero-order valence-corrected chi connectivity index (χ0v) is 14.2. The Morgan fingerprint density at radius 2 is 1.57 bits per heavy atom. The molecule has 23 heavy (non-hydrogen) atoms. The summed E-state index contributed by atoms with van der Waals surface area (Å²) < 4.78 is 47.2. The first-order valence-electron chi connectivity index (χ1n) is 7.18. The van der Waals surface area contributed by atoms with Crippen LogP contribution in [0.2, 0.25) is 19.6 Å². The topological polar surface area (TPSA) is 25.4 Å². The summed E-state index contributed by atoms with van der Waals surface area (Å²) in [6, 6.07) is 9.19. The molecule has 2 aromatic rings. The Morgan fingerprint density at radius 1 is 1.00 bits per heavy atom. The van der Waals surface area contributed by atoms with E-state index < -0.39 is 20.5 Å². The van der Waals surface area contributed by atoms with Gasteiger partial charge in [-0.2, -0.15) is 13.2 Å². The van der Waals surface area contributed by atoms with Gasteiger partial charge >= 0.3 is 6.18 Å². The molecule has 1 unspecified atom stereocenters. The number of benzene rings is 1. The van der Waals surface area contributed by atoms with Crippen LogP contribution in [0.4, 0.5) is 18.9 Å². The second kappa shape index (κ2) is 6.72. The van der Waals surface area contributed by atoms with Crippen LogP contribution in [0.5, 0.6) is 0 Å². The first-order chi connectivity index (χ1) is 10.7. The number of hydrogen-bond donors (Lipinski definition) is 0. The van der Waals surface area contributed by atoms with Crippen molar-refractivity contribution in [3.63, 3.8) is 0 Å². The first-order valence-corrected chi connectivity index (χ1v) is 10.6. The number of alkyl halides is 3. The molecular formula is C16H19F3N2OSi. The lowest BCUT2D eigenvalue weighted by atomic mass is 10.1. The summed E-state index contributed by atoms with van der Waals surface area (Å²) in [7, 11) is -2.27. The second-order valence-electron chi connectivity index (χ2n) is 6.09. The van der Waals surface area contributed by atoms with Crippen molar-refractivity contribution in [2.24, 2.45) is 0 Å². The zero-order chi connectivity index (χ0) is 17.1. The summed E-state index contributed by atoms with van der Waals surface area (Å²) in [5, 5.41) is 0.988. The lowest BCUT2D eigenvalue weighted by Crippen LogP contribution is -2.45. The van der Waals surface area contributed by atoms with Crippen molar-refractivity contribution in [3.05, 3.63) is 60.4 Å². The van der Waals surface area contributed by atoms with Gasteiger partial charge in [0.15, 0.2) is 6.04 Å². The Labute approximate surface area is 134 Å². The van der Waals surface area contributed by atoms with Crippen LogP contribution in [-0.4, -0.2) is 19.5 Å². The molecule has 0 aliphatic heterocycles. The van der Waals surface area contributed by atoms with Gasteiger partial charge in [0.05, 0.1) is 5.69 Å². The van der Waals surface area contributed by atoms with Gasteiger partial charge in [0, 0.05) is 12.4 Å². The summed E-state index contributed by atoms with van der Waals surface area (Å²) in [5.74, 6) is 0. The fraction of sp³-hybridized carbons (Fsp3) is 0.312. The monoisotopic (exact) mass is 340 g/mol. The van der Waals surface area contributed by atoms with E-state index in [1.807, 2.05) is 19.6 Å². The molecule has 0 radical (unpaired) electrons. The minimum atomic E-state index is -4.49. The SMILES string of the molecule is C[Si](C)(C)ON(c1ccccc1)C(c1ccncc1)C(F)(F)F. The summed E-state index contributed by atoms with van der Waals surface area (Å²) in [5.41, 5.74) is 0.462. The van der Waals surface area contributed by atoms with Gasteiger partial charge < -0.3 is 4.53 Å². The molecule has 0 saturated heterocycles. The highest BCUT2D eigenvalue weighted by atomic mass is 28.4. The van der Waals surface area contributed by atoms with Gasteiger partial charge in [0.2, 0.25) is 8.32 Å². The molecule has 1 heterocycles. The van der Waals surface area contributed by atoms with Crippen LogP contribution in [0.3, 0.4) is 0 Å². The Morgan fingerprint density at radius 3 is 2.04 bits per heavy atom. The molecule has 2 rings (SSSR count). The minimum Gasteiger partial charge on any atom is -0.319 e. The normalized spacial score (nSPS) is 13.7. The van der Waals surface area contributed by atoms with Gasteiger partial charge in [-0.05, 0) is 49.5 Å². The number of hydroxylamine groups is 1. The molecule has 0 spiro atoms. The van der Waals surface area contributed by atoms with E-state index in [4.69, 9.17) is 4.53 Å². The largest absolute Gasteiger partial charge is 0.415 e. The van der Waals surface area contributed by atoms with E-state index in [2.05, 4.69) is 4.98 Å². The number of rotatable bonds is 5. The lowest BCUT2D eigenvalue weighted by molar-refractivity contribution is -0.161. The fourth-order valence-electron chi connectivity index (χ4n) is 2.13. The van der Waals surface area contributed by atoms with E-state index in [1.165, 1.54) is 24.5 Å². The zero-order valence-electron chi connectivity index (χ0n) is 13.2. The highest BCUT2D eigenvalue weighted by molar-refractivity contribution is 6.69. The Kier molecular flexibility index (Phi) is 5.11. The molecule has 1 aromatic carbocycles. The van der Waals surface area contributed by atoms with E-state index in [9.17, 15) is 13.2 Å². The number of hydrogen-bond acceptors (Lipinski definition) is 3. The number of para-hydroxylation sites is 1. The number of nitrogens with zero attached hydrogens (tertiary/aromatic N) is 2. The molecule has 1 atom stereocenters. The van der Waals surface area contributed by atoms with Crippen molar-refractivity contribution < 1.29 is 17.7 Å². The number of aromatic nitrogens is 1. The van der Waals surface area contributed by atoms with E-state index >= 15 is 0 Å². The van der Waals surface area contributed by atoms with E-state index in [1.54, 1.807) is 30.3 Å². The van der Waals surface area contributed by atoms with Crippen molar-refractivity contribution in [3.8, 4) is 0 Å². The second-order valence-corrected chi connectivity index (χ2v) is 10.5. The predicted molar refractivity (Wildman–Crippen MR) is 86.4 cm³/mol. The van der Waals surface area contributed by atoms with Gasteiger partial charge in [-0.15, -0.1) is 0 Å². The molecule has 7 heteroatoms. The van der Waals surface area contributed by atoms with E-state index in [0.29, 0.717) is 5.69 Å². The third kappa shape index (κ3) is 4.80. The molecule has 0 bridgehead atoms. The summed E-state index contributed by atoms with van der Waals surface area (Å²) >= 11 is 0. The van der Waals surface area contributed by atoms with Crippen LogP contribution >= 0.6 is 0 Å². The summed E-state index contributed by atoms with van der Waals surface area (Å²) in [6.45, 7) is 5.55. The van der Waals surface area contributed by atoms with Crippen molar-refractivity contribution in [1.29, 1.82) is 0 Å². The van der Waals surface area contributed by atoms with Crippen molar-refractivity contribution in [2.45, 2.75) is 31.9 Å². The average Bonchev–Trinajstić information content (AvgIpc) is 2.46. The molecule has 0 aliphatic carbocycles. The predicted octanol–water partition coefficient (Wildman–Crippen LogP) is 4.96. The Bertz CT molecular complexity index is 615. The number of pyridine rings is 1. The summed E-state index contributed by atoms with van der Waals surface area (Å²) in [6.07, 6.45) is -1.78. The molecule has 124 valence electrons. The molecule has 0 amide bonds. The molecule has 1 aromatic heterocycles. The van der Waals surface area contributed by atoms with Gasteiger partial charge in [0.1, 0.15) is 0 Å². The van der Waals surface area contributed by atoms with Gasteiger partial charge in [-0.25, -0.2) is 5.06 Å². The summed E-state index contributed by atoms with van der Waals surface area (Å²) in [4.78, 5) is 3.80. The molecular weight excluding hydrogens is 321 g/mol. The Balaban J connectivity index is 2.53. The van der Waals surface area contributed by atoms with Crippen LogP contribution in [0, 0.1) is 0 Å². The highest BCUT2D eigenvalue weighted by Gasteiger charge is 2.47. The van der Waals surface area contributed by atoms with E-state index in [0.717, 1.165) is 5.06 Å². The maximum Gasteiger partial charge on any atom is 0.415 e. The molecule has 3 nitrogen and oxygen atoms in total. The Hall–Kier alpha value is -1.86. The molecule has 0 N–H and O–H groups in total. The first kappa shape index (κ1) is 17.5. The number of anilines is 1. The molecule has 0 fully saturated rings. The van der Waals surface area contributed by atoms with Gasteiger partial charge in [-0.1, -0.05) is 18.2 Å². The van der Waals surface area contributed by atoms with Crippen LogP contribution < -0.4 is 5.06 Å². The molecule has 0 saturated carbocycles. The highest BCUT2D eigenvalue weighted by Crippen LogP contribution is 2.41. The minimum absolute atomic E-state index is 0.0922. The third-order valence-corrected chi connectivity index (χ3v) is 3.69. The standard InChI is InChI=1S/C16H19F3N2OSi/c1-23(2,3)22-21(14-7-5-4-6-8-14)15(16(17,18)19)13-9-11-20-12-10-13/h4-12,15H,1-3H3. The van der Waals surface area contributed by atoms with Crippen molar-refractivity contribution in [2.75, 3.05) is 5.06 Å². The van der Waals surface area contributed by atoms with Crippen LogP contribution in [0.25, 0.3) is 0 Å². The lowest BCUT2D eigenvalue weighted by Gasteiger charge is -2.38. The fourth-order valence-corrected chi connectivity index (χ4v) is 2.93. The van der Waals surface area contributed by atoms with Gasteiger partial charge in [-0.3, -0.25) is 4.98 Å². The van der Waals surface area contributed by atoms with Crippen molar-refractivity contribution in [1.82, 2.24) is 4.98 Å². The third-order valence-electron chi connectivity index (χ3n) is 2.95. The van der Waals surface area contributed by atoms with Gasteiger partial charge in [0.25, 0.3) is 0 Å². The number of halogens is 3. The van der Waals surface area contributed by atoms with Crippen LogP contribution in [0.1, 0.15) is 11.6 Å². The maximum absolute atomic E-state index is 13.8. The average molecular weight is 340 g/mol.